The lowest BCUT2D eigenvalue weighted by Crippen LogP contribution is -2.51. The predicted molar refractivity (Wildman–Crippen MR) is 115 cm³/mol. The van der Waals surface area contributed by atoms with Gasteiger partial charge < -0.3 is 21.3 Å². The van der Waals surface area contributed by atoms with Crippen molar-refractivity contribution in [3.8, 4) is 0 Å². The minimum Gasteiger partial charge on any atom is -0.376 e. The second-order valence-corrected chi connectivity index (χ2v) is 8.33. The molecule has 5 N–H and O–H groups in total. The average molecular weight is 429 g/mol. The van der Waals surface area contributed by atoms with Gasteiger partial charge in [0, 0.05) is 17.3 Å². The number of rotatable bonds is 8. The van der Waals surface area contributed by atoms with E-state index in [-0.39, 0.29) is 35.9 Å². The van der Waals surface area contributed by atoms with E-state index in [4.69, 9.17) is 11.1 Å². The Morgan fingerprint density at radius 3 is 2.58 bits per heavy atom. The number of carbonyl (C=O) groups is 3. The van der Waals surface area contributed by atoms with Gasteiger partial charge in [-0.25, -0.2) is 4.39 Å². The molecule has 2 fully saturated rings. The Morgan fingerprint density at radius 2 is 1.94 bits per heavy atom. The molecule has 0 spiro atoms. The van der Waals surface area contributed by atoms with Crippen molar-refractivity contribution < 1.29 is 18.8 Å². The minimum absolute atomic E-state index is 0.0211. The van der Waals surface area contributed by atoms with Crippen molar-refractivity contribution in [2.75, 3.05) is 11.9 Å². The second kappa shape index (κ2) is 8.87. The normalized spacial score (nSPS) is 22.2. The maximum absolute atomic E-state index is 14.1. The number of anilines is 1. The van der Waals surface area contributed by atoms with Crippen LogP contribution in [0.3, 0.4) is 0 Å². The van der Waals surface area contributed by atoms with Gasteiger partial charge >= 0.3 is 0 Å². The molecule has 3 rings (SSSR count). The highest BCUT2D eigenvalue weighted by molar-refractivity contribution is 6.44. The number of para-hydroxylation sites is 1. The summed E-state index contributed by atoms with van der Waals surface area (Å²) in [7, 11) is 0. The van der Waals surface area contributed by atoms with E-state index in [1.165, 1.54) is 0 Å². The molecule has 1 aliphatic heterocycles. The number of benzene rings is 1. The maximum Gasteiger partial charge on any atom is 0.267 e. The lowest BCUT2D eigenvalue weighted by Gasteiger charge is -2.28. The monoisotopic (exact) mass is 429 g/mol. The number of hydrogen-bond donors (Lipinski definition) is 4. The third kappa shape index (κ3) is 4.76. The molecule has 4 atom stereocenters. The Morgan fingerprint density at radius 1 is 1.26 bits per heavy atom. The standard InChI is InChI=1S/C22H28FN5O3/c1-11(2)19(23)12(3)27-22(31)17-9-13-8-16(13)28(17)18(29)10-26-15-7-5-4-6-14(15)20(24)21(25)30/h4-7,12-13,16-17,24,26H,8-10H2,1-3H3,(H2,25,30)(H,27,31). The van der Waals surface area contributed by atoms with E-state index < -0.39 is 18.0 Å². The number of carbonyl (C=O) groups excluding carboxylic acids is 3. The fourth-order valence-corrected chi connectivity index (χ4v) is 4.11. The summed E-state index contributed by atoms with van der Waals surface area (Å²) in [6, 6.07) is 5.24. The second-order valence-electron chi connectivity index (χ2n) is 8.33. The summed E-state index contributed by atoms with van der Waals surface area (Å²) in [4.78, 5) is 38.7. The largest absolute Gasteiger partial charge is 0.376 e. The van der Waals surface area contributed by atoms with Crippen LogP contribution in [0.1, 0.15) is 39.2 Å². The van der Waals surface area contributed by atoms with Crippen LogP contribution in [0.5, 0.6) is 0 Å². The van der Waals surface area contributed by atoms with Gasteiger partial charge in [0.05, 0.1) is 12.6 Å². The SMILES string of the molecule is CC(C)=C(F)C(C)NC(=O)C1CC2CC2N1C(=O)CNc1ccccc1C(=N)C(N)=O. The van der Waals surface area contributed by atoms with Crippen LogP contribution in [0.15, 0.2) is 35.7 Å². The van der Waals surface area contributed by atoms with Crippen LogP contribution in [0.2, 0.25) is 0 Å². The third-order valence-electron chi connectivity index (χ3n) is 5.78. The van der Waals surface area contributed by atoms with Crippen LogP contribution >= 0.6 is 0 Å². The molecule has 0 bridgehead atoms. The zero-order chi connectivity index (χ0) is 22.9. The zero-order valence-electron chi connectivity index (χ0n) is 17.9. The number of likely N-dealkylation sites (tertiary alicyclic amines) is 1. The molecule has 1 saturated heterocycles. The molecular weight excluding hydrogens is 401 g/mol. The summed E-state index contributed by atoms with van der Waals surface area (Å²) in [5.74, 6) is -1.58. The molecule has 31 heavy (non-hydrogen) atoms. The molecule has 0 radical (unpaired) electrons. The maximum atomic E-state index is 14.1. The van der Waals surface area contributed by atoms with Gasteiger partial charge in [0.25, 0.3) is 5.91 Å². The Labute approximate surface area is 180 Å². The summed E-state index contributed by atoms with van der Waals surface area (Å²) in [5.41, 5.74) is 6.09. The molecule has 2 aliphatic rings. The highest BCUT2D eigenvalue weighted by Crippen LogP contribution is 2.47. The van der Waals surface area contributed by atoms with E-state index in [2.05, 4.69) is 10.6 Å². The molecule has 1 aliphatic carbocycles. The third-order valence-corrected chi connectivity index (χ3v) is 5.78. The van der Waals surface area contributed by atoms with Gasteiger partial charge in [-0.15, -0.1) is 0 Å². The number of nitrogens with one attached hydrogen (secondary N) is 3. The van der Waals surface area contributed by atoms with Crippen LogP contribution in [0, 0.1) is 11.3 Å². The number of amides is 3. The van der Waals surface area contributed by atoms with Crippen molar-refractivity contribution in [1.82, 2.24) is 10.2 Å². The molecule has 0 aromatic heterocycles. The summed E-state index contributed by atoms with van der Waals surface area (Å²) in [6.45, 7) is 4.75. The molecule has 1 aromatic rings. The fourth-order valence-electron chi connectivity index (χ4n) is 4.11. The van der Waals surface area contributed by atoms with Crippen LogP contribution in [0.25, 0.3) is 0 Å². The first-order valence-electron chi connectivity index (χ1n) is 10.3. The fraction of sp³-hybridized carbons (Fsp3) is 0.455. The highest BCUT2D eigenvalue weighted by atomic mass is 19.1. The van der Waals surface area contributed by atoms with Crippen LogP contribution in [0.4, 0.5) is 10.1 Å². The summed E-state index contributed by atoms with van der Waals surface area (Å²) in [6.07, 6.45) is 1.42. The van der Waals surface area contributed by atoms with Crippen molar-refractivity contribution in [3.63, 3.8) is 0 Å². The van der Waals surface area contributed by atoms with Gasteiger partial charge in [0.1, 0.15) is 17.6 Å². The van der Waals surface area contributed by atoms with Gasteiger partial charge in [-0.2, -0.15) is 0 Å². The first kappa shape index (κ1) is 22.5. The van der Waals surface area contributed by atoms with Gasteiger partial charge in [0.2, 0.25) is 11.8 Å². The molecule has 3 amide bonds. The number of nitrogens with zero attached hydrogens (tertiary/aromatic N) is 1. The molecule has 1 aromatic carbocycles. The van der Waals surface area contributed by atoms with E-state index in [9.17, 15) is 18.8 Å². The molecule has 1 saturated carbocycles. The molecule has 8 nitrogen and oxygen atoms in total. The van der Waals surface area contributed by atoms with Crippen molar-refractivity contribution in [3.05, 3.63) is 41.2 Å². The van der Waals surface area contributed by atoms with Crippen LogP contribution in [-0.2, 0) is 14.4 Å². The lowest BCUT2D eigenvalue weighted by atomic mass is 10.1. The van der Waals surface area contributed by atoms with Gasteiger partial charge in [-0.1, -0.05) is 18.2 Å². The summed E-state index contributed by atoms with van der Waals surface area (Å²) >= 11 is 0. The Balaban J connectivity index is 1.67. The Hall–Kier alpha value is -3.23. The molecule has 4 unspecified atom stereocenters. The van der Waals surface area contributed by atoms with Crippen molar-refractivity contribution in [1.29, 1.82) is 5.41 Å². The number of piperidine rings is 1. The van der Waals surface area contributed by atoms with E-state index >= 15 is 0 Å². The lowest BCUT2D eigenvalue weighted by molar-refractivity contribution is -0.138. The van der Waals surface area contributed by atoms with E-state index in [1.807, 2.05) is 0 Å². The average Bonchev–Trinajstić information content (AvgIpc) is 3.39. The number of allylic oxidation sites excluding steroid dienone is 1. The number of nitrogens with two attached hydrogens (primary N) is 1. The van der Waals surface area contributed by atoms with Gasteiger partial charge in [-0.3, -0.25) is 19.8 Å². The van der Waals surface area contributed by atoms with Gasteiger partial charge in [-0.05, 0) is 51.2 Å². The number of hydrogen-bond acceptors (Lipinski definition) is 5. The van der Waals surface area contributed by atoms with Crippen molar-refractivity contribution >= 4 is 29.1 Å². The van der Waals surface area contributed by atoms with Crippen LogP contribution < -0.4 is 16.4 Å². The number of halogens is 1. The first-order chi connectivity index (χ1) is 14.6. The van der Waals surface area contributed by atoms with E-state index in [1.54, 1.807) is 49.9 Å². The van der Waals surface area contributed by atoms with Gasteiger partial charge in [0.15, 0.2) is 0 Å². The van der Waals surface area contributed by atoms with Crippen molar-refractivity contribution in [2.24, 2.45) is 11.7 Å². The highest BCUT2D eigenvalue weighted by Gasteiger charge is 2.55. The molecule has 9 heteroatoms. The predicted octanol–water partition coefficient (Wildman–Crippen LogP) is 1.71. The Bertz CT molecular complexity index is 956. The number of fused-ring (bicyclic) bond motifs is 1. The first-order valence-corrected chi connectivity index (χ1v) is 10.3. The quantitative estimate of drug-likeness (QED) is 0.469. The molecule has 1 heterocycles. The summed E-state index contributed by atoms with van der Waals surface area (Å²) < 4.78 is 14.1. The smallest absolute Gasteiger partial charge is 0.267 e. The Kier molecular flexibility index (Phi) is 6.42. The minimum atomic E-state index is -0.865. The molecular formula is C22H28FN5O3. The van der Waals surface area contributed by atoms with E-state index in [0.717, 1.165) is 6.42 Å². The van der Waals surface area contributed by atoms with Crippen LogP contribution in [-0.4, -0.2) is 53.0 Å². The van der Waals surface area contributed by atoms with Crippen molar-refractivity contribution in [2.45, 2.75) is 51.7 Å². The number of primary amides is 1. The topological polar surface area (TPSA) is 128 Å². The zero-order valence-corrected chi connectivity index (χ0v) is 17.9. The summed E-state index contributed by atoms with van der Waals surface area (Å²) in [5, 5.41) is 13.5. The van der Waals surface area contributed by atoms with E-state index in [0.29, 0.717) is 29.2 Å². The molecule has 166 valence electrons.